The minimum Gasteiger partial charge on any atom is -0.446 e. The number of para-hydroxylation sites is 1. The fraction of sp³-hybridized carbons (Fsp3) is 0.304. The quantitative estimate of drug-likeness (QED) is 0.610. The normalized spacial score (nSPS) is 15.0. The van der Waals surface area contributed by atoms with Gasteiger partial charge in [-0.3, -0.25) is 19.0 Å². The van der Waals surface area contributed by atoms with Gasteiger partial charge in [0.05, 0.1) is 17.2 Å². The van der Waals surface area contributed by atoms with Crippen molar-refractivity contribution in [1.29, 1.82) is 0 Å². The molecule has 0 spiro atoms. The van der Waals surface area contributed by atoms with Crippen LogP contribution in [-0.2, 0) is 20.9 Å². The standard InChI is InChI=1S/C23H23N3O4/c27-20(15-26-16-24-19-12-6-5-11-18(19)22(26)28)30-21(17-9-3-1-4-10-17)23(29)25-13-7-2-8-14-25/h1,3-6,9-12,16,21H,2,7-8,13-15H2/t21-/m1/s1. The summed E-state index contributed by atoms with van der Waals surface area (Å²) in [4.78, 5) is 44.4. The monoisotopic (exact) mass is 405 g/mol. The third kappa shape index (κ3) is 4.25. The molecule has 0 N–H and O–H groups in total. The molecule has 0 radical (unpaired) electrons. The summed E-state index contributed by atoms with van der Waals surface area (Å²) in [5.74, 6) is -0.883. The van der Waals surface area contributed by atoms with E-state index < -0.39 is 12.1 Å². The molecular weight excluding hydrogens is 382 g/mol. The van der Waals surface area contributed by atoms with Crippen molar-refractivity contribution in [2.45, 2.75) is 31.9 Å². The molecule has 1 aliphatic heterocycles. The Balaban J connectivity index is 1.55. The SMILES string of the molecule is O=C(Cn1cnc2ccccc2c1=O)O[C@@H](C(=O)N1CCCCC1)c1ccccc1. The van der Waals surface area contributed by atoms with Gasteiger partial charge in [-0.15, -0.1) is 0 Å². The van der Waals surface area contributed by atoms with Crippen LogP contribution in [-0.4, -0.2) is 39.4 Å². The number of hydrogen-bond donors (Lipinski definition) is 0. The highest BCUT2D eigenvalue weighted by Crippen LogP contribution is 2.23. The number of ether oxygens (including phenoxy) is 1. The summed E-state index contributed by atoms with van der Waals surface area (Å²) < 4.78 is 6.81. The number of benzene rings is 2. The van der Waals surface area contributed by atoms with Crippen LogP contribution in [0.25, 0.3) is 10.9 Å². The van der Waals surface area contributed by atoms with Crippen LogP contribution in [0.4, 0.5) is 0 Å². The van der Waals surface area contributed by atoms with E-state index in [-0.39, 0.29) is 18.0 Å². The zero-order valence-corrected chi connectivity index (χ0v) is 16.6. The lowest BCUT2D eigenvalue weighted by atomic mass is 10.1. The molecule has 7 heteroatoms. The minimum atomic E-state index is -1.03. The smallest absolute Gasteiger partial charge is 0.327 e. The van der Waals surface area contributed by atoms with Crippen LogP contribution >= 0.6 is 0 Å². The van der Waals surface area contributed by atoms with E-state index in [0.717, 1.165) is 19.3 Å². The van der Waals surface area contributed by atoms with E-state index in [0.29, 0.717) is 29.6 Å². The molecule has 1 atom stereocenters. The Morgan fingerprint density at radius 1 is 0.967 bits per heavy atom. The van der Waals surface area contributed by atoms with E-state index in [1.807, 2.05) is 6.07 Å². The summed E-state index contributed by atoms with van der Waals surface area (Å²) in [6.07, 6.45) is 3.28. The van der Waals surface area contributed by atoms with Crippen molar-refractivity contribution in [3.05, 3.63) is 76.8 Å². The van der Waals surface area contributed by atoms with Crippen LogP contribution in [0.3, 0.4) is 0 Å². The number of fused-ring (bicyclic) bond motifs is 1. The van der Waals surface area contributed by atoms with Crippen LogP contribution in [0.1, 0.15) is 30.9 Å². The molecule has 154 valence electrons. The maximum Gasteiger partial charge on any atom is 0.327 e. The zero-order chi connectivity index (χ0) is 20.9. The fourth-order valence-electron chi connectivity index (χ4n) is 3.70. The summed E-state index contributed by atoms with van der Waals surface area (Å²) in [7, 11) is 0. The van der Waals surface area contributed by atoms with Gasteiger partial charge in [0, 0.05) is 18.7 Å². The first-order valence-corrected chi connectivity index (χ1v) is 10.1. The van der Waals surface area contributed by atoms with Gasteiger partial charge in [0.25, 0.3) is 11.5 Å². The number of likely N-dealkylation sites (tertiary alicyclic amines) is 1. The molecule has 1 saturated heterocycles. The van der Waals surface area contributed by atoms with Gasteiger partial charge >= 0.3 is 5.97 Å². The largest absolute Gasteiger partial charge is 0.446 e. The highest BCUT2D eigenvalue weighted by Gasteiger charge is 2.30. The Hall–Kier alpha value is -3.48. The molecule has 1 amide bonds. The molecule has 3 aromatic rings. The minimum absolute atomic E-state index is 0.224. The van der Waals surface area contributed by atoms with Crippen molar-refractivity contribution in [2.75, 3.05) is 13.1 Å². The number of amides is 1. The zero-order valence-electron chi connectivity index (χ0n) is 16.6. The average Bonchev–Trinajstić information content (AvgIpc) is 2.80. The molecule has 0 saturated carbocycles. The maximum absolute atomic E-state index is 13.1. The number of piperidine rings is 1. The number of aromatic nitrogens is 2. The van der Waals surface area contributed by atoms with Crippen LogP contribution in [0.15, 0.2) is 65.7 Å². The van der Waals surface area contributed by atoms with Gasteiger partial charge in [-0.25, -0.2) is 4.98 Å². The summed E-state index contributed by atoms with van der Waals surface area (Å²) in [5.41, 5.74) is 0.858. The number of carbonyl (C=O) groups excluding carboxylic acids is 2. The van der Waals surface area contributed by atoms with Crippen molar-refractivity contribution in [1.82, 2.24) is 14.5 Å². The molecular formula is C23H23N3O4. The fourth-order valence-corrected chi connectivity index (χ4v) is 3.70. The lowest BCUT2D eigenvalue weighted by molar-refractivity contribution is -0.162. The van der Waals surface area contributed by atoms with E-state index in [4.69, 9.17) is 4.74 Å². The van der Waals surface area contributed by atoms with Crippen molar-refractivity contribution >= 4 is 22.8 Å². The molecule has 1 aromatic heterocycles. The van der Waals surface area contributed by atoms with Crippen LogP contribution in [0, 0.1) is 0 Å². The summed E-state index contributed by atoms with van der Waals surface area (Å²) in [5, 5.41) is 0.428. The topological polar surface area (TPSA) is 81.5 Å². The van der Waals surface area contributed by atoms with Gasteiger partial charge in [0.2, 0.25) is 6.10 Å². The van der Waals surface area contributed by atoms with E-state index in [1.54, 1.807) is 53.4 Å². The van der Waals surface area contributed by atoms with E-state index >= 15 is 0 Å². The molecule has 1 aliphatic rings. The third-order valence-electron chi connectivity index (χ3n) is 5.27. The number of nitrogens with zero attached hydrogens (tertiary/aromatic N) is 3. The molecule has 4 rings (SSSR count). The summed E-state index contributed by atoms with van der Waals surface area (Å²) in [6.45, 7) is 1.01. The van der Waals surface area contributed by atoms with Crippen molar-refractivity contribution in [3.8, 4) is 0 Å². The van der Waals surface area contributed by atoms with Crippen LogP contribution in [0.5, 0.6) is 0 Å². The third-order valence-corrected chi connectivity index (χ3v) is 5.27. The first-order chi connectivity index (χ1) is 14.6. The molecule has 0 aliphatic carbocycles. The Bertz CT molecular complexity index is 1100. The second-order valence-corrected chi connectivity index (χ2v) is 7.36. The maximum atomic E-state index is 13.1. The Labute approximate surface area is 173 Å². The number of carbonyl (C=O) groups is 2. The predicted octanol–water partition coefficient (Wildman–Crippen LogP) is 2.69. The second-order valence-electron chi connectivity index (χ2n) is 7.36. The first kappa shape index (κ1) is 19.8. The number of rotatable bonds is 5. The lowest BCUT2D eigenvalue weighted by Crippen LogP contribution is -2.40. The number of hydrogen-bond acceptors (Lipinski definition) is 5. The van der Waals surface area contributed by atoms with Gasteiger partial charge in [0.15, 0.2) is 0 Å². The van der Waals surface area contributed by atoms with Crippen molar-refractivity contribution in [2.24, 2.45) is 0 Å². The van der Waals surface area contributed by atoms with E-state index in [1.165, 1.54) is 10.9 Å². The van der Waals surface area contributed by atoms with Crippen molar-refractivity contribution < 1.29 is 14.3 Å². The molecule has 7 nitrogen and oxygen atoms in total. The lowest BCUT2D eigenvalue weighted by Gasteiger charge is -2.30. The molecule has 0 unspecified atom stereocenters. The van der Waals surface area contributed by atoms with Gasteiger partial charge in [0.1, 0.15) is 6.54 Å². The van der Waals surface area contributed by atoms with Crippen molar-refractivity contribution in [3.63, 3.8) is 0 Å². The average molecular weight is 405 g/mol. The number of esters is 1. The molecule has 2 heterocycles. The van der Waals surface area contributed by atoms with Gasteiger partial charge in [-0.2, -0.15) is 0 Å². The molecule has 1 fully saturated rings. The molecule has 0 bridgehead atoms. The first-order valence-electron chi connectivity index (χ1n) is 10.1. The van der Waals surface area contributed by atoms with Gasteiger partial charge in [-0.1, -0.05) is 42.5 Å². The summed E-state index contributed by atoms with van der Waals surface area (Å²) in [6, 6.07) is 15.9. The van der Waals surface area contributed by atoms with E-state index in [9.17, 15) is 14.4 Å². The van der Waals surface area contributed by atoms with Gasteiger partial charge in [-0.05, 0) is 31.4 Å². The Morgan fingerprint density at radius 2 is 1.67 bits per heavy atom. The Morgan fingerprint density at radius 3 is 2.43 bits per heavy atom. The van der Waals surface area contributed by atoms with Crippen LogP contribution < -0.4 is 5.56 Å². The van der Waals surface area contributed by atoms with E-state index in [2.05, 4.69) is 4.98 Å². The molecule has 30 heavy (non-hydrogen) atoms. The highest BCUT2D eigenvalue weighted by molar-refractivity contribution is 5.85. The van der Waals surface area contributed by atoms with Crippen LogP contribution in [0.2, 0.25) is 0 Å². The highest BCUT2D eigenvalue weighted by atomic mass is 16.5. The predicted molar refractivity (Wildman–Crippen MR) is 112 cm³/mol. The second kappa shape index (κ2) is 8.90. The summed E-state index contributed by atoms with van der Waals surface area (Å²) >= 11 is 0. The Kier molecular flexibility index (Phi) is 5.88. The molecule has 2 aromatic carbocycles. The van der Waals surface area contributed by atoms with Gasteiger partial charge < -0.3 is 9.64 Å².